The highest BCUT2D eigenvalue weighted by molar-refractivity contribution is 5.53. The maximum Gasteiger partial charge on any atom is 0.250 e. The lowest BCUT2D eigenvalue weighted by Gasteiger charge is -2.03. The number of nitrogens with zero attached hydrogens (tertiary/aromatic N) is 2. The predicted octanol–water partition coefficient (Wildman–Crippen LogP) is 2.51. The van der Waals surface area contributed by atoms with E-state index in [0.717, 1.165) is 18.2 Å². The van der Waals surface area contributed by atoms with Gasteiger partial charge in [0.15, 0.2) is 0 Å². The summed E-state index contributed by atoms with van der Waals surface area (Å²) in [5.74, 6) is -0.829. The number of halogens is 2. The molecule has 2 aromatic rings. The van der Waals surface area contributed by atoms with Crippen LogP contribution >= 0.6 is 0 Å². The van der Waals surface area contributed by atoms with Gasteiger partial charge in [-0.1, -0.05) is 13.8 Å². The van der Waals surface area contributed by atoms with Crippen molar-refractivity contribution in [3.63, 3.8) is 0 Å². The van der Waals surface area contributed by atoms with Gasteiger partial charge in [-0.25, -0.2) is 8.78 Å². The average molecular weight is 253 g/mol. The molecule has 6 heteroatoms. The maximum atomic E-state index is 13.5. The van der Waals surface area contributed by atoms with E-state index < -0.39 is 11.6 Å². The van der Waals surface area contributed by atoms with Crippen molar-refractivity contribution < 1.29 is 13.2 Å². The second-order valence-corrected chi connectivity index (χ2v) is 4.16. The topological polar surface area (TPSA) is 51.0 Å². The fraction of sp³-hybridized carbons (Fsp3) is 0.333. The molecule has 1 N–H and O–H groups in total. The van der Waals surface area contributed by atoms with Crippen LogP contribution in [-0.2, 0) is 6.54 Å². The summed E-state index contributed by atoms with van der Waals surface area (Å²) in [6.07, 6.45) is 0. The second-order valence-electron chi connectivity index (χ2n) is 4.16. The summed E-state index contributed by atoms with van der Waals surface area (Å²) < 4.78 is 31.8. The molecule has 0 radical (unpaired) electrons. The molecule has 0 fully saturated rings. The first-order valence-electron chi connectivity index (χ1n) is 5.57. The molecular formula is C12H13F2N3O. The van der Waals surface area contributed by atoms with E-state index >= 15 is 0 Å². The van der Waals surface area contributed by atoms with Crippen LogP contribution in [0.15, 0.2) is 22.6 Å². The van der Waals surface area contributed by atoms with Crippen LogP contribution in [0.5, 0.6) is 0 Å². The Labute approximate surface area is 103 Å². The van der Waals surface area contributed by atoms with Crippen LogP contribution in [0, 0.1) is 11.6 Å². The Kier molecular flexibility index (Phi) is 3.66. The Morgan fingerprint density at radius 2 is 2.06 bits per heavy atom. The van der Waals surface area contributed by atoms with Gasteiger partial charge in [-0.05, 0) is 18.2 Å². The molecule has 0 bridgehead atoms. The van der Waals surface area contributed by atoms with Crippen LogP contribution in [0.4, 0.5) is 8.78 Å². The Morgan fingerprint density at radius 3 is 2.78 bits per heavy atom. The number of nitrogens with one attached hydrogen (secondary N) is 1. The molecule has 18 heavy (non-hydrogen) atoms. The molecule has 0 saturated heterocycles. The number of benzene rings is 1. The summed E-state index contributed by atoms with van der Waals surface area (Å²) in [4.78, 5) is 0. The van der Waals surface area contributed by atoms with Gasteiger partial charge >= 0.3 is 0 Å². The first kappa shape index (κ1) is 12.6. The van der Waals surface area contributed by atoms with Crippen molar-refractivity contribution in [1.82, 2.24) is 15.5 Å². The van der Waals surface area contributed by atoms with Gasteiger partial charge in [-0.15, -0.1) is 10.2 Å². The molecule has 1 aromatic carbocycles. The maximum absolute atomic E-state index is 13.5. The van der Waals surface area contributed by atoms with Crippen LogP contribution in [0.2, 0.25) is 0 Å². The van der Waals surface area contributed by atoms with Gasteiger partial charge in [0.25, 0.3) is 5.89 Å². The highest BCUT2D eigenvalue weighted by Crippen LogP contribution is 2.22. The minimum absolute atomic E-state index is 0.0208. The third kappa shape index (κ3) is 2.89. The molecule has 2 rings (SSSR count). The van der Waals surface area contributed by atoms with Crippen LogP contribution in [0.25, 0.3) is 11.5 Å². The monoisotopic (exact) mass is 253 g/mol. The minimum Gasteiger partial charge on any atom is -0.419 e. The lowest BCUT2D eigenvalue weighted by molar-refractivity contribution is 0.456. The van der Waals surface area contributed by atoms with Crippen LogP contribution in [0.3, 0.4) is 0 Å². The summed E-state index contributed by atoms with van der Waals surface area (Å²) in [5, 5.41) is 10.6. The van der Waals surface area contributed by atoms with Gasteiger partial charge in [0.1, 0.15) is 11.6 Å². The SMILES string of the molecule is CC(C)NCc1nnc(-c2cc(F)ccc2F)o1. The second kappa shape index (κ2) is 5.22. The summed E-state index contributed by atoms with van der Waals surface area (Å²) in [5.41, 5.74) is -0.0294. The first-order valence-corrected chi connectivity index (χ1v) is 5.57. The summed E-state index contributed by atoms with van der Waals surface area (Å²) in [6, 6.07) is 3.37. The van der Waals surface area contributed by atoms with E-state index in [0.29, 0.717) is 12.4 Å². The molecular weight excluding hydrogens is 240 g/mol. The van der Waals surface area contributed by atoms with Gasteiger partial charge in [0.2, 0.25) is 5.89 Å². The van der Waals surface area contributed by atoms with Gasteiger partial charge < -0.3 is 9.73 Å². The molecule has 1 heterocycles. The minimum atomic E-state index is -0.594. The third-order valence-electron chi connectivity index (χ3n) is 2.29. The van der Waals surface area contributed by atoms with Crippen molar-refractivity contribution in [2.45, 2.75) is 26.4 Å². The highest BCUT2D eigenvalue weighted by Gasteiger charge is 2.14. The number of aromatic nitrogens is 2. The van der Waals surface area contributed by atoms with Crippen molar-refractivity contribution >= 4 is 0 Å². The quantitative estimate of drug-likeness (QED) is 0.909. The number of hydrogen-bond donors (Lipinski definition) is 1. The van der Waals surface area contributed by atoms with E-state index in [1.54, 1.807) is 0 Å². The molecule has 1 aromatic heterocycles. The Bertz CT molecular complexity index is 540. The standard InChI is InChI=1S/C12H13F2N3O/c1-7(2)15-6-11-16-17-12(18-11)9-5-8(13)3-4-10(9)14/h3-5,7,15H,6H2,1-2H3. The number of hydrogen-bond acceptors (Lipinski definition) is 4. The van der Waals surface area contributed by atoms with E-state index in [1.165, 1.54) is 0 Å². The van der Waals surface area contributed by atoms with Crippen LogP contribution < -0.4 is 5.32 Å². The van der Waals surface area contributed by atoms with Crippen molar-refractivity contribution in [3.05, 3.63) is 35.7 Å². The largest absolute Gasteiger partial charge is 0.419 e. The smallest absolute Gasteiger partial charge is 0.250 e. The van der Waals surface area contributed by atoms with E-state index in [2.05, 4.69) is 15.5 Å². The van der Waals surface area contributed by atoms with Crippen molar-refractivity contribution in [2.75, 3.05) is 0 Å². The zero-order valence-corrected chi connectivity index (χ0v) is 10.1. The van der Waals surface area contributed by atoms with Gasteiger partial charge in [0, 0.05) is 6.04 Å². The van der Waals surface area contributed by atoms with Crippen LogP contribution in [0.1, 0.15) is 19.7 Å². The van der Waals surface area contributed by atoms with E-state index in [-0.39, 0.29) is 17.5 Å². The Hall–Kier alpha value is -1.82. The molecule has 0 aliphatic heterocycles. The highest BCUT2D eigenvalue weighted by atomic mass is 19.1. The van der Waals surface area contributed by atoms with Crippen molar-refractivity contribution in [1.29, 1.82) is 0 Å². The average Bonchev–Trinajstić information content (AvgIpc) is 2.78. The molecule has 0 unspecified atom stereocenters. The molecule has 0 atom stereocenters. The molecule has 96 valence electrons. The molecule has 0 saturated carbocycles. The predicted molar refractivity (Wildman–Crippen MR) is 61.6 cm³/mol. The fourth-order valence-electron chi connectivity index (χ4n) is 1.39. The molecule has 0 aliphatic carbocycles. The van der Waals surface area contributed by atoms with Gasteiger partial charge in [-0.2, -0.15) is 0 Å². The Morgan fingerprint density at radius 1 is 1.28 bits per heavy atom. The van der Waals surface area contributed by atoms with Gasteiger partial charge in [-0.3, -0.25) is 0 Å². The molecule has 0 spiro atoms. The van der Waals surface area contributed by atoms with Gasteiger partial charge in [0.05, 0.1) is 12.1 Å². The Balaban J connectivity index is 2.21. The van der Waals surface area contributed by atoms with Crippen molar-refractivity contribution in [2.24, 2.45) is 0 Å². The summed E-state index contributed by atoms with van der Waals surface area (Å²) in [6.45, 7) is 4.34. The summed E-state index contributed by atoms with van der Waals surface area (Å²) >= 11 is 0. The first-order chi connectivity index (χ1) is 8.56. The summed E-state index contributed by atoms with van der Waals surface area (Å²) in [7, 11) is 0. The van der Waals surface area contributed by atoms with E-state index in [9.17, 15) is 8.78 Å². The lowest BCUT2D eigenvalue weighted by atomic mass is 10.2. The lowest BCUT2D eigenvalue weighted by Crippen LogP contribution is -2.21. The molecule has 4 nitrogen and oxygen atoms in total. The third-order valence-corrected chi connectivity index (χ3v) is 2.29. The van der Waals surface area contributed by atoms with E-state index in [1.807, 2.05) is 13.8 Å². The number of rotatable bonds is 4. The van der Waals surface area contributed by atoms with Crippen LogP contribution in [-0.4, -0.2) is 16.2 Å². The zero-order valence-electron chi connectivity index (χ0n) is 10.1. The molecule has 0 amide bonds. The molecule has 0 aliphatic rings. The normalized spacial score (nSPS) is 11.2. The van der Waals surface area contributed by atoms with E-state index in [4.69, 9.17) is 4.42 Å². The zero-order chi connectivity index (χ0) is 13.1. The fourth-order valence-corrected chi connectivity index (χ4v) is 1.39. The van der Waals surface area contributed by atoms with Crippen molar-refractivity contribution in [3.8, 4) is 11.5 Å².